The summed E-state index contributed by atoms with van der Waals surface area (Å²) in [5.74, 6) is 0.565. The highest BCUT2D eigenvalue weighted by Crippen LogP contribution is 2.33. The van der Waals surface area contributed by atoms with Gasteiger partial charge < -0.3 is 15.0 Å². The third-order valence-corrected chi connectivity index (χ3v) is 5.80. The first kappa shape index (κ1) is 21.9. The van der Waals surface area contributed by atoms with Crippen LogP contribution in [0.3, 0.4) is 0 Å². The summed E-state index contributed by atoms with van der Waals surface area (Å²) in [6.45, 7) is 3.72. The van der Waals surface area contributed by atoms with Gasteiger partial charge in [-0.2, -0.15) is 0 Å². The van der Waals surface area contributed by atoms with Crippen molar-refractivity contribution in [3.05, 3.63) is 71.8 Å². The number of alkyl carbamates (subject to hydrolysis) is 1. The molecule has 0 radical (unpaired) electrons. The number of carbonyl (C=O) groups is 2. The molecule has 1 heterocycles. The third kappa shape index (κ3) is 6.09. The fraction of sp³-hybridized carbons (Fsp3) is 0.440. The molecule has 0 spiro atoms. The zero-order valence-electron chi connectivity index (χ0n) is 17.8. The van der Waals surface area contributed by atoms with Crippen LogP contribution in [-0.4, -0.2) is 36.0 Å². The summed E-state index contributed by atoms with van der Waals surface area (Å²) in [4.78, 5) is 26.7. The molecule has 0 saturated carbocycles. The van der Waals surface area contributed by atoms with Gasteiger partial charge in [0, 0.05) is 31.5 Å². The molecule has 0 unspecified atom stereocenters. The molecule has 1 N–H and O–H groups in total. The number of ether oxygens (including phenoxy) is 1. The van der Waals surface area contributed by atoms with Crippen LogP contribution in [0.5, 0.6) is 0 Å². The Balaban J connectivity index is 1.41. The van der Waals surface area contributed by atoms with E-state index in [-0.39, 0.29) is 18.6 Å². The minimum Gasteiger partial charge on any atom is -0.445 e. The molecule has 2 aromatic rings. The number of amides is 2. The van der Waals surface area contributed by atoms with Crippen LogP contribution in [0, 0.1) is 0 Å². The fourth-order valence-electron chi connectivity index (χ4n) is 4.30. The maximum Gasteiger partial charge on any atom is 0.407 e. The molecule has 1 saturated heterocycles. The summed E-state index contributed by atoms with van der Waals surface area (Å²) in [6.07, 6.45) is 3.76. The van der Waals surface area contributed by atoms with Gasteiger partial charge in [0.05, 0.1) is 0 Å². The number of hydrogen-bond donors (Lipinski definition) is 1. The summed E-state index contributed by atoms with van der Waals surface area (Å²) < 4.78 is 5.20. The smallest absolute Gasteiger partial charge is 0.407 e. The molecule has 2 aromatic carbocycles. The molecule has 30 heavy (non-hydrogen) atoms. The molecular formula is C25H32N2O3. The maximum atomic E-state index is 12.8. The SMILES string of the molecule is CC[C@@H](c1ccccc1)[C@H]1CCCN1C(=O)CCCNC(=O)OCc1ccccc1. The van der Waals surface area contributed by atoms with Crippen molar-refractivity contribution < 1.29 is 14.3 Å². The van der Waals surface area contributed by atoms with Crippen molar-refractivity contribution >= 4 is 12.0 Å². The second-order valence-corrected chi connectivity index (χ2v) is 7.81. The van der Waals surface area contributed by atoms with Gasteiger partial charge in [0.15, 0.2) is 0 Å². The molecule has 5 nitrogen and oxygen atoms in total. The van der Waals surface area contributed by atoms with Crippen molar-refractivity contribution in [1.29, 1.82) is 0 Å². The quantitative estimate of drug-likeness (QED) is 0.602. The second-order valence-electron chi connectivity index (χ2n) is 7.81. The first-order chi connectivity index (χ1) is 14.7. The Morgan fingerprint density at radius 3 is 2.50 bits per heavy atom. The fourth-order valence-corrected chi connectivity index (χ4v) is 4.30. The number of likely N-dealkylation sites (tertiary alicyclic amines) is 1. The highest BCUT2D eigenvalue weighted by molar-refractivity contribution is 5.77. The van der Waals surface area contributed by atoms with Gasteiger partial charge in [0.25, 0.3) is 0 Å². The van der Waals surface area contributed by atoms with Gasteiger partial charge in [-0.05, 0) is 36.8 Å². The first-order valence-corrected chi connectivity index (χ1v) is 11.0. The molecule has 1 aliphatic rings. The van der Waals surface area contributed by atoms with Crippen LogP contribution in [-0.2, 0) is 16.1 Å². The van der Waals surface area contributed by atoms with Gasteiger partial charge >= 0.3 is 6.09 Å². The predicted molar refractivity (Wildman–Crippen MR) is 118 cm³/mol. The normalized spacial score (nSPS) is 16.8. The van der Waals surface area contributed by atoms with Gasteiger partial charge in [0.2, 0.25) is 5.91 Å². The van der Waals surface area contributed by atoms with Crippen LogP contribution in [0.25, 0.3) is 0 Å². The molecular weight excluding hydrogens is 376 g/mol. The van der Waals surface area contributed by atoms with Crippen molar-refractivity contribution in [2.75, 3.05) is 13.1 Å². The molecule has 2 atom stereocenters. The largest absolute Gasteiger partial charge is 0.445 e. The van der Waals surface area contributed by atoms with Gasteiger partial charge in [-0.3, -0.25) is 4.79 Å². The van der Waals surface area contributed by atoms with Crippen LogP contribution in [0.15, 0.2) is 60.7 Å². The molecule has 0 aromatic heterocycles. The van der Waals surface area contributed by atoms with Gasteiger partial charge in [-0.1, -0.05) is 67.6 Å². The standard InChI is InChI=1S/C25H32N2O3/c1-2-22(21-13-7-4-8-14-21)23-15-10-18-27(23)24(28)16-9-17-26-25(29)30-19-20-11-5-3-6-12-20/h3-8,11-14,22-23H,2,9-10,15-19H2,1H3,(H,26,29)/t22-,23+/m0/s1. The number of nitrogens with one attached hydrogen (secondary N) is 1. The summed E-state index contributed by atoms with van der Waals surface area (Å²) in [5, 5.41) is 2.74. The van der Waals surface area contributed by atoms with Crippen LogP contribution in [0.4, 0.5) is 4.79 Å². The number of rotatable bonds is 9. The molecule has 160 valence electrons. The lowest BCUT2D eigenvalue weighted by atomic mass is 9.87. The number of nitrogens with zero attached hydrogens (tertiary/aromatic N) is 1. The summed E-state index contributed by atoms with van der Waals surface area (Å²) in [5.41, 5.74) is 2.26. The average Bonchev–Trinajstić information content (AvgIpc) is 3.27. The lowest BCUT2D eigenvalue weighted by Gasteiger charge is -2.32. The molecule has 0 aliphatic carbocycles. The van der Waals surface area contributed by atoms with E-state index >= 15 is 0 Å². The van der Waals surface area contributed by atoms with Crippen molar-refractivity contribution in [2.45, 2.75) is 57.6 Å². The third-order valence-electron chi connectivity index (χ3n) is 5.80. The Morgan fingerprint density at radius 1 is 1.10 bits per heavy atom. The Labute approximate surface area is 179 Å². The van der Waals surface area contributed by atoms with Crippen LogP contribution >= 0.6 is 0 Å². The lowest BCUT2D eigenvalue weighted by molar-refractivity contribution is -0.132. The van der Waals surface area contributed by atoms with E-state index in [9.17, 15) is 9.59 Å². The Bertz CT molecular complexity index is 795. The predicted octanol–water partition coefficient (Wildman–Crippen LogP) is 4.88. The van der Waals surface area contributed by atoms with Gasteiger partial charge in [0.1, 0.15) is 6.61 Å². The van der Waals surface area contributed by atoms with Crippen molar-refractivity contribution in [1.82, 2.24) is 10.2 Å². The zero-order valence-corrected chi connectivity index (χ0v) is 17.8. The minimum atomic E-state index is -0.444. The van der Waals surface area contributed by atoms with Crippen LogP contribution in [0.2, 0.25) is 0 Å². The maximum absolute atomic E-state index is 12.8. The summed E-state index contributed by atoms with van der Waals surface area (Å²) >= 11 is 0. The average molecular weight is 409 g/mol. The van der Waals surface area contributed by atoms with E-state index in [1.165, 1.54) is 5.56 Å². The molecule has 1 aliphatic heterocycles. The number of hydrogen-bond acceptors (Lipinski definition) is 3. The Morgan fingerprint density at radius 2 is 1.80 bits per heavy atom. The van der Waals surface area contributed by atoms with E-state index in [1.807, 2.05) is 36.4 Å². The second kappa shape index (κ2) is 11.4. The van der Waals surface area contributed by atoms with Crippen molar-refractivity contribution in [2.24, 2.45) is 0 Å². The highest BCUT2D eigenvalue weighted by atomic mass is 16.5. The number of carbonyl (C=O) groups excluding carboxylic acids is 2. The van der Waals surface area contributed by atoms with Crippen molar-refractivity contribution in [3.63, 3.8) is 0 Å². The van der Waals surface area contributed by atoms with E-state index < -0.39 is 6.09 Å². The monoisotopic (exact) mass is 408 g/mol. The van der Waals surface area contributed by atoms with Gasteiger partial charge in [-0.25, -0.2) is 4.79 Å². The summed E-state index contributed by atoms with van der Waals surface area (Å²) in [6, 6.07) is 20.4. The van der Waals surface area contributed by atoms with E-state index in [4.69, 9.17) is 4.74 Å². The van der Waals surface area contributed by atoms with Crippen LogP contribution in [0.1, 0.15) is 56.1 Å². The van der Waals surface area contributed by atoms with Crippen molar-refractivity contribution in [3.8, 4) is 0 Å². The zero-order chi connectivity index (χ0) is 21.2. The first-order valence-electron chi connectivity index (χ1n) is 11.0. The number of benzene rings is 2. The van der Waals surface area contributed by atoms with Gasteiger partial charge in [-0.15, -0.1) is 0 Å². The molecule has 2 amide bonds. The molecule has 1 fully saturated rings. The lowest BCUT2D eigenvalue weighted by Crippen LogP contribution is -2.39. The summed E-state index contributed by atoms with van der Waals surface area (Å²) in [7, 11) is 0. The van der Waals surface area contributed by atoms with E-state index in [0.29, 0.717) is 25.3 Å². The van der Waals surface area contributed by atoms with E-state index in [0.717, 1.165) is 31.4 Å². The molecule has 3 rings (SSSR count). The molecule has 5 heteroatoms. The minimum absolute atomic E-state index is 0.186. The molecule has 0 bridgehead atoms. The Kier molecular flexibility index (Phi) is 8.30. The topological polar surface area (TPSA) is 58.6 Å². The Hall–Kier alpha value is -2.82. The highest BCUT2D eigenvalue weighted by Gasteiger charge is 2.34. The van der Waals surface area contributed by atoms with E-state index in [1.54, 1.807) is 0 Å². The van der Waals surface area contributed by atoms with E-state index in [2.05, 4.69) is 41.4 Å². The van der Waals surface area contributed by atoms with Crippen LogP contribution < -0.4 is 5.32 Å².